The van der Waals surface area contributed by atoms with E-state index in [1.807, 2.05) is 0 Å². The molecule has 0 saturated carbocycles. The van der Waals surface area contributed by atoms with Crippen LogP contribution in [0.3, 0.4) is 0 Å². The lowest BCUT2D eigenvalue weighted by molar-refractivity contribution is 0.0130. The Bertz CT molecular complexity index is 217. The highest BCUT2D eigenvalue weighted by Crippen LogP contribution is 2.48. The smallest absolute Gasteiger partial charge is 0.0668 e. The summed E-state index contributed by atoms with van der Waals surface area (Å²) in [7, 11) is 0. The second kappa shape index (κ2) is 6.47. The SMILES string of the molecule is CCCCCCCCC1(O)CC2CCC(C1)S2. The molecule has 100 valence electrons. The minimum absolute atomic E-state index is 0.290. The topological polar surface area (TPSA) is 20.2 Å². The average Bonchev–Trinajstić information content (AvgIpc) is 2.64. The molecule has 0 aromatic rings. The second-order valence-electron chi connectivity index (χ2n) is 6.11. The second-order valence-corrected chi connectivity index (χ2v) is 7.71. The van der Waals surface area contributed by atoms with Gasteiger partial charge in [-0.1, -0.05) is 45.4 Å². The lowest BCUT2D eigenvalue weighted by atomic mass is 9.87. The zero-order valence-electron chi connectivity index (χ0n) is 11.3. The predicted octanol–water partition coefficient (Wildman–Crippen LogP) is 4.53. The van der Waals surface area contributed by atoms with Gasteiger partial charge in [0.1, 0.15) is 0 Å². The molecule has 1 N–H and O–H groups in total. The molecule has 0 amide bonds. The van der Waals surface area contributed by atoms with E-state index in [0.717, 1.165) is 29.8 Å². The van der Waals surface area contributed by atoms with Gasteiger partial charge in [0, 0.05) is 10.5 Å². The van der Waals surface area contributed by atoms with Crippen molar-refractivity contribution < 1.29 is 5.11 Å². The lowest BCUT2D eigenvalue weighted by Crippen LogP contribution is -2.37. The molecule has 0 aromatic carbocycles. The molecule has 2 rings (SSSR count). The summed E-state index contributed by atoms with van der Waals surface area (Å²) < 4.78 is 0. The molecule has 0 spiro atoms. The van der Waals surface area contributed by atoms with E-state index in [-0.39, 0.29) is 5.60 Å². The Hall–Kier alpha value is 0.310. The quantitative estimate of drug-likeness (QED) is 0.676. The molecule has 17 heavy (non-hydrogen) atoms. The van der Waals surface area contributed by atoms with Crippen LogP contribution in [0, 0.1) is 0 Å². The molecule has 0 aliphatic carbocycles. The summed E-state index contributed by atoms with van der Waals surface area (Å²) in [5.74, 6) is 0. The van der Waals surface area contributed by atoms with Gasteiger partial charge in [-0.15, -0.1) is 0 Å². The van der Waals surface area contributed by atoms with Crippen molar-refractivity contribution in [3.8, 4) is 0 Å². The van der Waals surface area contributed by atoms with Gasteiger partial charge in [-0.25, -0.2) is 0 Å². The Morgan fingerprint density at radius 2 is 1.59 bits per heavy atom. The number of thioether (sulfide) groups is 1. The van der Waals surface area contributed by atoms with Gasteiger partial charge in [-0.2, -0.15) is 11.8 Å². The lowest BCUT2D eigenvalue weighted by Gasteiger charge is -2.36. The molecule has 1 nitrogen and oxygen atoms in total. The fraction of sp³-hybridized carbons (Fsp3) is 1.00. The molecular formula is C15H28OS. The number of aliphatic hydroxyl groups is 1. The van der Waals surface area contributed by atoms with Crippen LogP contribution in [0.4, 0.5) is 0 Å². The van der Waals surface area contributed by atoms with Crippen LogP contribution in [0.1, 0.15) is 77.6 Å². The van der Waals surface area contributed by atoms with Gasteiger partial charge in [-0.05, 0) is 32.1 Å². The number of rotatable bonds is 7. The molecule has 2 heteroatoms. The van der Waals surface area contributed by atoms with Crippen LogP contribution in [-0.2, 0) is 0 Å². The molecule has 2 saturated heterocycles. The maximum absolute atomic E-state index is 10.6. The predicted molar refractivity (Wildman–Crippen MR) is 76.6 cm³/mol. The summed E-state index contributed by atoms with van der Waals surface area (Å²) in [4.78, 5) is 0. The van der Waals surface area contributed by atoms with Crippen molar-refractivity contribution >= 4 is 11.8 Å². The highest BCUT2D eigenvalue weighted by atomic mass is 32.2. The number of unbranched alkanes of at least 4 members (excludes halogenated alkanes) is 5. The molecule has 2 bridgehead atoms. The maximum Gasteiger partial charge on any atom is 0.0668 e. The fourth-order valence-electron chi connectivity index (χ4n) is 3.45. The van der Waals surface area contributed by atoms with Crippen molar-refractivity contribution in [1.82, 2.24) is 0 Å². The summed E-state index contributed by atoms with van der Waals surface area (Å²) in [6.07, 6.45) is 13.9. The Kier molecular flexibility index (Phi) is 5.23. The van der Waals surface area contributed by atoms with Crippen LogP contribution in [0.5, 0.6) is 0 Å². The third kappa shape index (κ3) is 4.17. The number of fused-ring (bicyclic) bond motifs is 2. The van der Waals surface area contributed by atoms with Crippen molar-refractivity contribution in [3.63, 3.8) is 0 Å². The molecule has 2 atom stereocenters. The molecule has 2 aliphatic rings. The minimum Gasteiger partial charge on any atom is -0.390 e. The van der Waals surface area contributed by atoms with Gasteiger partial charge in [-0.3, -0.25) is 0 Å². The van der Waals surface area contributed by atoms with Crippen molar-refractivity contribution in [3.05, 3.63) is 0 Å². The molecular weight excluding hydrogens is 228 g/mol. The minimum atomic E-state index is -0.290. The number of hydrogen-bond acceptors (Lipinski definition) is 2. The van der Waals surface area contributed by atoms with Gasteiger partial charge >= 0.3 is 0 Å². The van der Waals surface area contributed by atoms with E-state index in [4.69, 9.17) is 0 Å². The largest absolute Gasteiger partial charge is 0.390 e. The van der Waals surface area contributed by atoms with Gasteiger partial charge in [0.05, 0.1) is 5.60 Å². The highest BCUT2D eigenvalue weighted by Gasteiger charge is 2.42. The van der Waals surface area contributed by atoms with E-state index in [2.05, 4.69) is 18.7 Å². The first-order valence-electron chi connectivity index (χ1n) is 7.60. The zero-order valence-corrected chi connectivity index (χ0v) is 12.1. The van der Waals surface area contributed by atoms with E-state index in [9.17, 15) is 5.11 Å². The van der Waals surface area contributed by atoms with Crippen molar-refractivity contribution in [2.45, 2.75) is 93.7 Å². The van der Waals surface area contributed by atoms with E-state index >= 15 is 0 Å². The van der Waals surface area contributed by atoms with Crippen molar-refractivity contribution in [2.24, 2.45) is 0 Å². The van der Waals surface area contributed by atoms with E-state index in [1.54, 1.807) is 0 Å². The van der Waals surface area contributed by atoms with Gasteiger partial charge < -0.3 is 5.11 Å². The Morgan fingerprint density at radius 1 is 1.00 bits per heavy atom. The molecule has 2 unspecified atom stereocenters. The van der Waals surface area contributed by atoms with Gasteiger partial charge in [0.15, 0.2) is 0 Å². The van der Waals surface area contributed by atoms with Crippen molar-refractivity contribution in [1.29, 1.82) is 0 Å². The standard InChI is InChI=1S/C15H28OS/c1-2-3-4-5-6-7-10-15(16)11-13-8-9-14(12-15)17-13/h13-14,16H,2-12H2,1H3. The van der Waals surface area contributed by atoms with E-state index < -0.39 is 0 Å². The molecule has 2 heterocycles. The average molecular weight is 256 g/mol. The van der Waals surface area contributed by atoms with Crippen LogP contribution in [0.15, 0.2) is 0 Å². The third-order valence-corrected chi connectivity index (χ3v) is 5.98. The molecule has 2 fully saturated rings. The monoisotopic (exact) mass is 256 g/mol. The zero-order chi connectivity index (χ0) is 12.1. The van der Waals surface area contributed by atoms with Gasteiger partial charge in [0.2, 0.25) is 0 Å². The van der Waals surface area contributed by atoms with Crippen LogP contribution >= 0.6 is 11.8 Å². The van der Waals surface area contributed by atoms with Crippen LogP contribution < -0.4 is 0 Å². The van der Waals surface area contributed by atoms with Gasteiger partial charge in [0.25, 0.3) is 0 Å². The van der Waals surface area contributed by atoms with E-state index in [1.165, 1.54) is 51.4 Å². The van der Waals surface area contributed by atoms with Crippen molar-refractivity contribution in [2.75, 3.05) is 0 Å². The summed E-state index contributed by atoms with van der Waals surface area (Å²) in [5, 5.41) is 12.2. The first kappa shape index (κ1) is 13.7. The molecule has 0 aromatic heterocycles. The Morgan fingerprint density at radius 3 is 2.24 bits per heavy atom. The van der Waals surface area contributed by atoms with E-state index in [0.29, 0.717) is 0 Å². The third-order valence-electron chi connectivity index (χ3n) is 4.41. The van der Waals surface area contributed by atoms with Crippen LogP contribution in [-0.4, -0.2) is 21.2 Å². The summed E-state index contributed by atoms with van der Waals surface area (Å²) in [6.45, 7) is 2.26. The molecule has 0 radical (unpaired) electrons. The number of hydrogen-bond donors (Lipinski definition) is 1. The summed E-state index contributed by atoms with van der Waals surface area (Å²) in [6, 6.07) is 0. The summed E-state index contributed by atoms with van der Waals surface area (Å²) >= 11 is 2.14. The Labute approximate surface area is 111 Å². The maximum atomic E-state index is 10.6. The molecule has 2 aliphatic heterocycles. The highest BCUT2D eigenvalue weighted by molar-refractivity contribution is 8.00. The normalized spacial score (nSPS) is 36.4. The van der Waals surface area contributed by atoms with Crippen LogP contribution in [0.2, 0.25) is 0 Å². The Balaban J connectivity index is 1.61. The van der Waals surface area contributed by atoms with Crippen LogP contribution in [0.25, 0.3) is 0 Å². The fourth-order valence-corrected chi connectivity index (χ4v) is 5.35. The first-order chi connectivity index (χ1) is 8.22. The summed E-state index contributed by atoms with van der Waals surface area (Å²) in [5.41, 5.74) is -0.290. The first-order valence-corrected chi connectivity index (χ1v) is 8.54.